The number of sulfonamides is 1. The number of hydrogen-bond donors (Lipinski definition) is 0. The Kier molecular flexibility index (Phi) is 4.31. The summed E-state index contributed by atoms with van der Waals surface area (Å²) < 4.78 is 27.3. The van der Waals surface area contributed by atoms with Gasteiger partial charge in [0.05, 0.1) is 4.90 Å². The van der Waals surface area contributed by atoms with Crippen molar-refractivity contribution in [1.29, 1.82) is 0 Å². The third kappa shape index (κ3) is 3.37. The average molecular weight is 281 g/mol. The molecule has 0 saturated heterocycles. The second kappa shape index (κ2) is 5.63. The molecule has 0 spiro atoms. The summed E-state index contributed by atoms with van der Waals surface area (Å²) in [5.41, 5.74) is 0.831. The Morgan fingerprint density at radius 2 is 1.89 bits per heavy atom. The molecule has 1 aromatic carbocycles. The summed E-state index contributed by atoms with van der Waals surface area (Å²) in [5.74, 6) is 0.522. The molecule has 0 atom stereocenters. The number of nitrogens with zero attached hydrogens (tertiary/aromatic N) is 1. The predicted molar refractivity (Wildman–Crippen MR) is 77.5 cm³/mol. The average Bonchev–Trinajstić information content (AvgIpc) is 3.13. The maximum Gasteiger partial charge on any atom is 0.243 e. The van der Waals surface area contributed by atoms with Gasteiger partial charge < -0.3 is 0 Å². The molecule has 1 fully saturated rings. The van der Waals surface area contributed by atoms with Crippen LogP contribution in [0.1, 0.15) is 38.7 Å². The fraction of sp³-hybridized carbons (Fsp3) is 0.600. The van der Waals surface area contributed by atoms with Crippen LogP contribution < -0.4 is 0 Å². The van der Waals surface area contributed by atoms with Crippen molar-refractivity contribution in [2.24, 2.45) is 5.92 Å². The van der Waals surface area contributed by atoms with Gasteiger partial charge >= 0.3 is 0 Å². The molecule has 2 rings (SSSR count). The molecular formula is C15H23NO2S. The van der Waals surface area contributed by atoms with Gasteiger partial charge in [0.15, 0.2) is 0 Å². The van der Waals surface area contributed by atoms with E-state index in [4.69, 9.17) is 0 Å². The quantitative estimate of drug-likeness (QED) is 0.803. The van der Waals surface area contributed by atoms with E-state index in [1.165, 1.54) is 0 Å². The zero-order valence-electron chi connectivity index (χ0n) is 12.0. The summed E-state index contributed by atoms with van der Waals surface area (Å²) in [7, 11) is -3.33. The molecule has 4 heteroatoms. The van der Waals surface area contributed by atoms with E-state index in [2.05, 4.69) is 13.8 Å². The lowest BCUT2D eigenvalue weighted by Crippen LogP contribution is -2.35. The zero-order chi connectivity index (χ0) is 14.0. The van der Waals surface area contributed by atoms with Crippen LogP contribution in [-0.4, -0.2) is 25.3 Å². The Hall–Kier alpha value is -0.870. The minimum absolute atomic E-state index is 0.225. The molecular weight excluding hydrogens is 258 g/mol. The molecule has 0 aromatic heterocycles. The van der Waals surface area contributed by atoms with Crippen LogP contribution in [0, 0.1) is 12.8 Å². The normalized spacial score (nSPS) is 16.3. The van der Waals surface area contributed by atoms with Crippen molar-refractivity contribution in [2.45, 2.75) is 51.0 Å². The summed E-state index contributed by atoms with van der Waals surface area (Å²) in [4.78, 5) is 0.464. The molecule has 1 saturated carbocycles. The zero-order valence-corrected chi connectivity index (χ0v) is 12.8. The van der Waals surface area contributed by atoms with Crippen molar-refractivity contribution >= 4 is 10.0 Å². The van der Waals surface area contributed by atoms with E-state index in [1.807, 2.05) is 19.1 Å². The van der Waals surface area contributed by atoms with Gasteiger partial charge in [-0.05, 0) is 43.7 Å². The molecule has 0 bridgehead atoms. The van der Waals surface area contributed by atoms with Crippen LogP contribution in [0.25, 0.3) is 0 Å². The second-order valence-corrected chi connectivity index (χ2v) is 7.65. The Bertz CT molecular complexity index is 533. The van der Waals surface area contributed by atoms with Crippen molar-refractivity contribution in [1.82, 2.24) is 4.31 Å². The van der Waals surface area contributed by atoms with E-state index >= 15 is 0 Å². The first-order valence-corrected chi connectivity index (χ1v) is 8.44. The van der Waals surface area contributed by atoms with Crippen LogP contribution in [0.15, 0.2) is 29.2 Å². The van der Waals surface area contributed by atoms with Crippen molar-refractivity contribution < 1.29 is 8.42 Å². The number of aryl methyl sites for hydroxylation is 1. The summed E-state index contributed by atoms with van der Waals surface area (Å²) >= 11 is 0. The summed E-state index contributed by atoms with van der Waals surface area (Å²) in [6, 6.07) is 7.48. The second-order valence-electron chi connectivity index (χ2n) is 5.79. The topological polar surface area (TPSA) is 37.4 Å². The molecule has 0 amide bonds. The van der Waals surface area contributed by atoms with Gasteiger partial charge in [0, 0.05) is 12.6 Å². The van der Waals surface area contributed by atoms with E-state index in [9.17, 15) is 8.42 Å². The highest BCUT2D eigenvalue weighted by molar-refractivity contribution is 7.89. The minimum atomic E-state index is -3.33. The predicted octanol–water partition coefficient (Wildman–Crippen LogP) is 3.19. The Morgan fingerprint density at radius 3 is 2.42 bits per heavy atom. The number of rotatable bonds is 6. The lowest BCUT2D eigenvalue weighted by molar-refractivity contribution is 0.373. The molecule has 106 valence electrons. The third-order valence-corrected chi connectivity index (χ3v) is 5.67. The monoisotopic (exact) mass is 281 g/mol. The molecule has 1 aliphatic carbocycles. The highest BCUT2D eigenvalue weighted by Crippen LogP contribution is 2.33. The van der Waals surface area contributed by atoms with Crippen LogP contribution in [0.5, 0.6) is 0 Å². The maximum absolute atomic E-state index is 12.8. The Labute approximate surface area is 116 Å². The van der Waals surface area contributed by atoms with Gasteiger partial charge in [-0.1, -0.05) is 32.0 Å². The van der Waals surface area contributed by atoms with Gasteiger partial charge in [-0.3, -0.25) is 0 Å². The molecule has 0 radical (unpaired) electrons. The van der Waals surface area contributed by atoms with Gasteiger partial charge in [0.25, 0.3) is 0 Å². The van der Waals surface area contributed by atoms with Crippen molar-refractivity contribution in [3.63, 3.8) is 0 Å². The maximum atomic E-state index is 12.8. The Morgan fingerprint density at radius 1 is 1.26 bits per heavy atom. The molecule has 3 nitrogen and oxygen atoms in total. The molecule has 0 N–H and O–H groups in total. The van der Waals surface area contributed by atoms with Crippen molar-refractivity contribution in [2.75, 3.05) is 6.54 Å². The van der Waals surface area contributed by atoms with E-state index < -0.39 is 10.0 Å². The summed E-state index contributed by atoms with van der Waals surface area (Å²) in [6.45, 7) is 6.76. The smallest absolute Gasteiger partial charge is 0.207 e. The SMILES string of the molecule is Cc1ccccc1S(=O)(=O)N(CCC(C)C)C1CC1. The van der Waals surface area contributed by atoms with Crippen LogP contribution in [0.3, 0.4) is 0 Å². The highest BCUT2D eigenvalue weighted by atomic mass is 32.2. The fourth-order valence-electron chi connectivity index (χ4n) is 2.22. The van der Waals surface area contributed by atoms with Crippen LogP contribution in [0.2, 0.25) is 0 Å². The fourth-order valence-corrected chi connectivity index (χ4v) is 4.15. The summed E-state index contributed by atoms with van der Waals surface area (Å²) in [5, 5.41) is 0. The lowest BCUT2D eigenvalue weighted by Gasteiger charge is -2.23. The molecule has 1 aromatic rings. The van der Waals surface area contributed by atoms with Crippen LogP contribution in [0.4, 0.5) is 0 Å². The number of benzene rings is 1. The molecule has 0 heterocycles. The van der Waals surface area contributed by atoms with Gasteiger partial charge in [-0.2, -0.15) is 4.31 Å². The largest absolute Gasteiger partial charge is 0.243 e. The first-order chi connectivity index (χ1) is 8.93. The van der Waals surface area contributed by atoms with E-state index in [0.717, 1.165) is 24.8 Å². The first-order valence-electron chi connectivity index (χ1n) is 7.00. The van der Waals surface area contributed by atoms with Gasteiger partial charge in [-0.15, -0.1) is 0 Å². The standard InChI is InChI=1S/C15H23NO2S/c1-12(2)10-11-16(14-8-9-14)19(17,18)15-7-5-4-6-13(15)3/h4-7,12,14H,8-11H2,1-3H3. The van der Waals surface area contributed by atoms with Gasteiger partial charge in [-0.25, -0.2) is 8.42 Å². The van der Waals surface area contributed by atoms with E-state index in [-0.39, 0.29) is 6.04 Å². The van der Waals surface area contributed by atoms with Crippen molar-refractivity contribution in [3.8, 4) is 0 Å². The highest BCUT2D eigenvalue weighted by Gasteiger charge is 2.38. The summed E-state index contributed by atoms with van der Waals surface area (Å²) in [6.07, 6.45) is 2.92. The molecule has 1 aliphatic rings. The number of hydrogen-bond acceptors (Lipinski definition) is 2. The first kappa shape index (κ1) is 14.5. The van der Waals surface area contributed by atoms with Gasteiger partial charge in [0.1, 0.15) is 0 Å². The van der Waals surface area contributed by atoms with Crippen LogP contribution >= 0.6 is 0 Å². The van der Waals surface area contributed by atoms with Crippen LogP contribution in [-0.2, 0) is 10.0 Å². The minimum Gasteiger partial charge on any atom is -0.207 e. The molecule has 0 unspecified atom stereocenters. The third-order valence-electron chi connectivity index (χ3n) is 3.56. The van der Waals surface area contributed by atoms with E-state index in [1.54, 1.807) is 16.4 Å². The van der Waals surface area contributed by atoms with E-state index in [0.29, 0.717) is 17.4 Å². The Balaban J connectivity index is 2.27. The van der Waals surface area contributed by atoms with Crippen molar-refractivity contribution in [3.05, 3.63) is 29.8 Å². The lowest BCUT2D eigenvalue weighted by atomic mass is 10.1. The molecule has 19 heavy (non-hydrogen) atoms. The van der Waals surface area contributed by atoms with Gasteiger partial charge in [0.2, 0.25) is 10.0 Å². The molecule has 0 aliphatic heterocycles.